The third-order valence-corrected chi connectivity index (χ3v) is 4.18. The lowest BCUT2D eigenvalue weighted by Crippen LogP contribution is -2.30. The summed E-state index contributed by atoms with van der Waals surface area (Å²) in [4.78, 5) is 12.3. The molecule has 0 radical (unpaired) electrons. The van der Waals surface area contributed by atoms with Gasteiger partial charge in [-0.05, 0) is 67.1 Å². The minimum atomic E-state index is -0.563. The van der Waals surface area contributed by atoms with E-state index in [1.165, 1.54) is 11.1 Å². The number of amides is 1. The molecule has 0 spiro atoms. The summed E-state index contributed by atoms with van der Waals surface area (Å²) in [6, 6.07) is 13.8. The zero-order chi connectivity index (χ0) is 17.9. The third kappa shape index (κ3) is 4.60. The van der Waals surface area contributed by atoms with Crippen molar-refractivity contribution in [1.29, 1.82) is 0 Å². The second-order valence-corrected chi connectivity index (χ2v) is 7.32. The first kappa shape index (κ1) is 18.1. The van der Waals surface area contributed by atoms with Crippen molar-refractivity contribution in [3.8, 4) is 5.75 Å². The highest BCUT2D eigenvalue weighted by Gasteiger charge is 2.17. The number of carbonyl (C=O) groups is 1. The molecule has 0 aliphatic carbocycles. The monoisotopic (exact) mass is 325 g/mol. The Morgan fingerprint density at radius 1 is 1.00 bits per heavy atom. The van der Waals surface area contributed by atoms with Crippen LogP contribution < -0.4 is 10.1 Å². The number of aryl methyl sites for hydroxylation is 2. The molecule has 0 aliphatic rings. The summed E-state index contributed by atoms with van der Waals surface area (Å²) in [6.07, 6.45) is -0.563. The van der Waals surface area contributed by atoms with Crippen LogP contribution in [0.1, 0.15) is 44.4 Å². The Bertz CT molecular complexity index is 712. The Labute approximate surface area is 145 Å². The molecular weight excluding hydrogens is 298 g/mol. The van der Waals surface area contributed by atoms with Gasteiger partial charge in [-0.1, -0.05) is 39.0 Å². The topological polar surface area (TPSA) is 38.3 Å². The zero-order valence-electron chi connectivity index (χ0n) is 15.4. The van der Waals surface area contributed by atoms with Gasteiger partial charge in [0, 0.05) is 5.69 Å². The first-order chi connectivity index (χ1) is 11.2. The van der Waals surface area contributed by atoms with Crippen molar-refractivity contribution in [3.63, 3.8) is 0 Å². The largest absolute Gasteiger partial charge is 0.481 e. The first-order valence-corrected chi connectivity index (χ1v) is 8.32. The number of carbonyl (C=O) groups excluding carboxylic acids is 1. The zero-order valence-corrected chi connectivity index (χ0v) is 15.4. The summed E-state index contributed by atoms with van der Waals surface area (Å²) >= 11 is 0. The molecule has 1 unspecified atom stereocenters. The summed E-state index contributed by atoms with van der Waals surface area (Å²) in [5.41, 5.74) is 4.49. The molecule has 0 aliphatic heterocycles. The molecule has 3 nitrogen and oxygen atoms in total. The van der Waals surface area contributed by atoms with E-state index in [1.54, 1.807) is 6.92 Å². The summed E-state index contributed by atoms with van der Waals surface area (Å²) < 4.78 is 5.76. The van der Waals surface area contributed by atoms with Crippen molar-refractivity contribution in [2.75, 3.05) is 5.32 Å². The number of anilines is 1. The molecule has 3 heteroatoms. The van der Waals surface area contributed by atoms with E-state index in [-0.39, 0.29) is 11.3 Å². The van der Waals surface area contributed by atoms with E-state index in [2.05, 4.69) is 26.1 Å². The Hall–Kier alpha value is -2.29. The van der Waals surface area contributed by atoms with Crippen LogP contribution in [0.3, 0.4) is 0 Å². The standard InChI is InChI=1S/C21H27NO2/c1-14-7-10-18(13-15(14)2)22-20(23)16(3)24-19-11-8-17(9-12-19)21(4,5)6/h7-13,16H,1-6H3,(H,22,23). The molecule has 0 aromatic heterocycles. The Morgan fingerprint density at radius 2 is 1.62 bits per heavy atom. The van der Waals surface area contributed by atoms with E-state index >= 15 is 0 Å². The van der Waals surface area contributed by atoms with E-state index < -0.39 is 6.10 Å². The quantitative estimate of drug-likeness (QED) is 0.858. The lowest BCUT2D eigenvalue weighted by Gasteiger charge is -2.20. The molecule has 2 rings (SSSR count). The summed E-state index contributed by atoms with van der Waals surface area (Å²) in [5.74, 6) is 0.545. The second kappa shape index (κ2) is 7.08. The van der Waals surface area contributed by atoms with E-state index in [4.69, 9.17) is 4.74 Å². The van der Waals surface area contributed by atoms with Crippen LogP contribution in [0.4, 0.5) is 5.69 Å². The molecule has 1 N–H and O–H groups in total. The molecule has 1 amide bonds. The minimum Gasteiger partial charge on any atom is -0.481 e. The van der Waals surface area contributed by atoms with Gasteiger partial charge in [-0.25, -0.2) is 0 Å². The van der Waals surface area contributed by atoms with Crippen LogP contribution >= 0.6 is 0 Å². The number of rotatable bonds is 4. The Balaban J connectivity index is 1.99. The van der Waals surface area contributed by atoms with Crippen molar-refractivity contribution >= 4 is 11.6 Å². The molecular formula is C21H27NO2. The molecule has 24 heavy (non-hydrogen) atoms. The van der Waals surface area contributed by atoms with Gasteiger partial charge in [0.1, 0.15) is 5.75 Å². The molecule has 128 valence electrons. The normalized spacial score (nSPS) is 12.6. The fourth-order valence-electron chi connectivity index (χ4n) is 2.35. The highest BCUT2D eigenvalue weighted by atomic mass is 16.5. The lowest BCUT2D eigenvalue weighted by molar-refractivity contribution is -0.122. The van der Waals surface area contributed by atoms with Crippen LogP contribution in [0.25, 0.3) is 0 Å². The van der Waals surface area contributed by atoms with Crippen molar-refractivity contribution in [3.05, 3.63) is 59.2 Å². The van der Waals surface area contributed by atoms with Crippen molar-refractivity contribution in [1.82, 2.24) is 0 Å². The predicted octanol–water partition coefficient (Wildman–Crippen LogP) is 5.01. The number of benzene rings is 2. The van der Waals surface area contributed by atoms with E-state index in [9.17, 15) is 4.79 Å². The van der Waals surface area contributed by atoms with E-state index in [1.807, 2.05) is 56.3 Å². The van der Waals surface area contributed by atoms with Crippen molar-refractivity contribution in [2.45, 2.75) is 53.1 Å². The molecule has 0 fully saturated rings. The summed E-state index contributed by atoms with van der Waals surface area (Å²) in [7, 11) is 0. The van der Waals surface area contributed by atoms with Crippen molar-refractivity contribution < 1.29 is 9.53 Å². The first-order valence-electron chi connectivity index (χ1n) is 8.32. The predicted molar refractivity (Wildman–Crippen MR) is 99.8 cm³/mol. The molecule has 1 atom stereocenters. The average molecular weight is 325 g/mol. The van der Waals surface area contributed by atoms with Gasteiger partial charge in [0.2, 0.25) is 0 Å². The van der Waals surface area contributed by atoms with E-state index in [0.717, 1.165) is 11.3 Å². The van der Waals surface area contributed by atoms with Gasteiger partial charge in [-0.2, -0.15) is 0 Å². The maximum absolute atomic E-state index is 12.3. The molecule has 0 heterocycles. The number of ether oxygens (including phenoxy) is 1. The highest BCUT2D eigenvalue weighted by molar-refractivity contribution is 5.94. The average Bonchev–Trinajstić information content (AvgIpc) is 2.50. The van der Waals surface area contributed by atoms with Gasteiger partial charge in [0.15, 0.2) is 6.10 Å². The van der Waals surface area contributed by atoms with Crippen molar-refractivity contribution in [2.24, 2.45) is 0 Å². The smallest absolute Gasteiger partial charge is 0.265 e. The second-order valence-electron chi connectivity index (χ2n) is 7.32. The minimum absolute atomic E-state index is 0.102. The number of hydrogen-bond acceptors (Lipinski definition) is 2. The van der Waals surface area contributed by atoms with Gasteiger partial charge in [0.25, 0.3) is 5.91 Å². The van der Waals surface area contributed by atoms with Gasteiger partial charge in [0.05, 0.1) is 0 Å². The third-order valence-electron chi connectivity index (χ3n) is 4.18. The van der Waals surface area contributed by atoms with Gasteiger partial charge >= 0.3 is 0 Å². The number of nitrogens with one attached hydrogen (secondary N) is 1. The van der Waals surface area contributed by atoms with Crippen LogP contribution in [0.5, 0.6) is 5.75 Å². The highest BCUT2D eigenvalue weighted by Crippen LogP contribution is 2.24. The van der Waals surface area contributed by atoms with Crippen LogP contribution in [-0.2, 0) is 10.2 Å². The number of hydrogen-bond donors (Lipinski definition) is 1. The fourth-order valence-corrected chi connectivity index (χ4v) is 2.35. The van der Waals surface area contributed by atoms with E-state index in [0.29, 0.717) is 5.75 Å². The molecule has 2 aromatic carbocycles. The molecule has 2 aromatic rings. The van der Waals surface area contributed by atoms with Crippen LogP contribution in [-0.4, -0.2) is 12.0 Å². The SMILES string of the molecule is Cc1ccc(NC(=O)C(C)Oc2ccc(C(C)(C)C)cc2)cc1C. The molecule has 0 saturated carbocycles. The maximum Gasteiger partial charge on any atom is 0.265 e. The Kier molecular flexibility index (Phi) is 5.33. The van der Waals surface area contributed by atoms with Crippen LogP contribution in [0.2, 0.25) is 0 Å². The van der Waals surface area contributed by atoms with Gasteiger partial charge in [-0.15, -0.1) is 0 Å². The maximum atomic E-state index is 12.3. The fraction of sp³-hybridized carbons (Fsp3) is 0.381. The van der Waals surface area contributed by atoms with Crippen LogP contribution in [0.15, 0.2) is 42.5 Å². The van der Waals surface area contributed by atoms with Gasteiger partial charge < -0.3 is 10.1 Å². The lowest BCUT2D eigenvalue weighted by atomic mass is 9.87. The van der Waals surface area contributed by atoms with Crippen LogP contribution in [0, 0.1) is 13.8 Å². The summed E-state index contributed by atoms with van der Waals surface area (Å²) in [5, 5.41) is 2.90. The van der Waals surface area contributed by atoms with Gasteiger partial charge in [-0.3, -0.25) is 4.79 Å². The molecule has 0 saturated heterocycles. The molecule has 0 bridgehead atoms. The summed E-state index contributed by atoms with van der Waals surface area (Å²) in [6.45, 7) is 12.3. The Morgan fingerprint density at radius 3 is 2.17 bits per heavy atom.